The van der Waals surface area contributed by atoms with Crippen molar-refractivity contribution in [1.29, 1.82) is 0 Å². The Bertz CT molecular complexity index is 789. The standard InChI is InChI=1S/C16H16N2O2S/c1-12-14-9-5-6-10-15(14)17-16(18(12)19)11-21(20)13-7-3-2-4-8-13/h2-10,16,18H,11H2,1H3. The fourth-order valence-corrected chi connectivity index (χ4v) is 3.60. The maximum Gasteiger partial charge on any atom is 0.197 e. The minimum absolute atomic E-state index is 0.0296. The largest absolute Gasteiger partial charge is 0.627 e. The molecule has 4 nitrogen and oxygen atoms in total. The summed E-state index contributed by atoms with van der Waals surface area (Å²) in [5.74, 6) is 0.231. The first-order chi connectivity index (χ1) is 10.2. The maximum absolute atomic E-state index is 12.4. The molecular weight excluding hydrogens is 284 g/mol. The van der Waals surface area contributed by atoms with Crippen molar-refractivity contribution < 1.29 is 9.27 Å². The van der Waals surface area contributed by atoms with Crippen LogP contribution in [0.1, 0.15) is 6.92 Å². The van der Waals surface area contributed by atoms with E-state index in [-0.39, 0.29) is 10.8 Å². The third-order valence-corrected chi connectivity index (χ3v) is 5.01. The van der Waals surface area contributed by atoms with E-state index < -0.39 is 17.0 Å². The van der Waals surface area contributed by atoms with Crippen LogP contribution >= 0.6 is 0 Å². The molecule has 1 heterocycles. The van der Waals surface area contributed by atoms with Gasteiger partial charge in [0, 0.05) is 11.8 Å². The molecule has 1 N–H and O–H groups in total. The van der Waals surface area contributed by atoms with Crippen LogP contribution in [0.4, 0.5) is 0 Å². The van der Waals surface area contributed by atoms with Gasteiger partial charge in [-0.1, -0.05) is 30.3 Å². The Kier molecular flexibility index (Phi) is 3.96. The molecule has 0 aliphatic carbocycles. The highest BCUT2D eigenvalue weighted by Crippen LogP contribution is 2.07. The van der Waals surface area contributed by atoms with E-state index in [1.54, 1.807) is 0 Å². The predicted octanol–water partition coefficient (Wildman–Crippen LogP) is -0.0355. The van der Waals surface area contributed by atoms with Crippen LogP contribution in [0.5, 0.6) is 0 Å². The van der Waals surface area contributed by atoms with Gasteiger partial charge in [-0.25, -0.2) is 4.99 Å². The molecule has 1 aliphatic heterocycles. The van der Waals surface area contributed by atoms with E-state index in [9.17, 15) is 9.42 Å². The lowest BCUT2D eigenvalue weighted by Gasteiger charge is -2.30. The second-order valence-corrected chi connectivity index (χ2v) is 6.47. The first-order valence-corrected chi connectivity index (χ1v) is 8.10. The van der Waals surface area contributed by atoms with Gasteiger partial charge < -0.3 is 10.3 Å². The summed E-state index contributed by atoms with van der Waals surface area (Å²) in [5, 5.41) is 14.0. The van der Waals surface area contributed by atoms with Crippen LogP contribution in [0.25, 0.3) is 5.70 Å². The number of rotatable bonds is 3. The van der Waals surface area contributed by atoms with Crippen LogP contribution < -0.4 is 15.6 Å². The van der Waals surface area contributed by atoms with E-state index >= 15 is 0 Å². The molecule has 108 valence electrons. The van der Waals surface area contributed by atoms with Crippen molar-refractivity contribution >= 4 is 16.5 Å². The van der Waals surface area contributed by atoms with Crippen LogP contribution in [-0.4, -0.2) is 16.1 Å². The van der Waals surface area contributed by atoms with Crippen LogP contribution in [0, 0.1) is 5.21 Å². The molecule has 21 heavy (non-hydrogen) atoms. The Morgan fingerprint density at radius 1 is 1.14 bits per heavy atom. The minimum Gasteiger partial charge on any atom is -0.627 e. The fraction of sp³-hybridized carbons (Fsp3) is 0.188. The third-order valence-electron chi connectivity index (χ3n) is 3.59. The van der Waals surface area contributed by atoms with Gasteiger partial charge in [-0.05, 0) is 24.3 Å². The minimum atomic E-state index is -1.22. The third kappa shape index (κ3) is 2.81. The van der Waals surface area contributed by atoms with E-state index in [2.05, 4.69) is 4.99 Å². The molecule has 0 spiro atoms. The lowest BCUT2D eigenvalue weighted by Crippen LogP contribution is -3.10. The number of hydrogen-bond acceptors (Lipinski definition) is 3. The molecule has 1 aliphatic rings. The Labute approximate surface area is 125 Å². The Balaban J connectivity index is 1.92. The van der Waals surface area contributed by atoms with Crippen molar-refractivity contribution in [3.05, 3.63) is 70.4 Å². The number of quaternary nitrogens is 1. The first kappa shape index (κ1) is 14.1. The number of benzene rings is 2. The summed E-state index contributed by atoms with van der Waals surface area (Å²) in [6.45, 7) is 1.81. The van der Waals surface area contributed by atoms with Gasteiger partial charge >= 0.3 is 0 Å². The van der Waals surface area contributed by atoms with Crippen molar-refractivity contribution in [2.75, 3.05) is 5.75 Å². The second kappa shape index (κ2) is 5.89. The number of nitrogens with zero attached hydrogens (tertiary/aromatic N) is 1. The molecule has 0 amide bonds. The van der Waals surface area contributed by atoms with Gasteiger partial charge in [0.25, 0.3) is 0 Å². The molecule has 0 radical (unpaired) electrons. The molecule has 0 fully saturated rings. The van der Waals surface area contributed by atoms with Gasteiger partial charge in [0.05, 0.1) is 21.4 Å². The summed E-state index contributed by atoms with van der Waals surface area (Å²) in [5.41, 5.74) is 0.704. The van der Waals surface area contributed by atoms with Crippen molar-refractivity contribution in [2.24, 2.45) is 4.99 Å². The molecule has 3 unspecified atom stereocenters. The summed E-state index contributed by atoms with van der Waals surface area (Å²) in [6, 6.07) is 16.8. The smallest absolute Gasteiger partial charge is 0.197 e. The second-order valence-electron chi connectivity index (χ2n) is 4.98. The zero-order chi connectivity index (χ0) is 14.8. The molecule has 0 saturated heterocycles. The van der Waals surface area contributed by atoms with Gasteiger partial charge in [0.2, 0.25) is 0 Å². The fourth-order valence-electron chi connectivity index (χ4n) is 2.44. The summed E-state index contributed by atoms with van der Waals surface area (Å²) in [7, 11) is -1.22. The zero-order valence-electron chi connectivity index (χ0n) is 11.7. The Morgan fingerprint density at radius 3 is 2.57 bits per heavy atom. The quantitative estimate of drug-likeness (QED) is 0.809. The summed E-state index contributed by atoms with van der Waals surface area (Å²) in [6.07, 6.45) is -0.555. The number of hydroxylamine groups is 2. The van der Waals surface area contributed by atoms with E-state index in [0.717, 1.165) is 15.5 Å². The molecule has 0 bridgehead atoms. The molecule has 0 aromatic heterocycles. The molecule has 2 aromatic rings. The summed E-state index contributed by atoms with van der Waals surface area (Å²) < 4.78 is 12.4. The van der Waals surface area contributed by atoms with Crippen LogP contribution in [0.2, 0.25) is 0 Å². The summed E-state index contributed by atoms with van der Waals surface area (Å²) in [4.78, 5) is 5.21. The maximum atomic E-state index is 12.4. The molecule has 3 atom stereocenters. The highest BCUT2D eigenvalue weighted by molar-refractivity contribution is 7.85. The number of hydrogen-bond donors (Lipinski definition) is 1. The van der Waals surface area contributed by atoms with Crippen LogP contribution in [-0.2, 0) is 10.8 Å². The SMILES string of the molecule is CC1=c2ccccc2=NC(CS(=O)c2ccccc2)[NH+]1[O-]. The van der Waals surface area contributed by atoms with Crippen molar-refractivity contribution in [3.8, 4) is 0 Å². The van der Waals surface area contributed by atoms with Crippen molar-refractivity contribution in [1.82, 2.24) is 0 Å². The van der Waals surface area contributed by atoms with Gasteiger partial charge in [-0.3, -0.25) is 4.21 Å². The number of para-hydroxylation sites is 1. The normalized spacial score (nSPS) is 22.3. The predicted molar refractivity (Wildman–Crippen MR) is 82.1 cm³/mol. The zero-order valence-corrected chi connectivity index (χ0v) is 12.5. The van der Waals surface area contributed by atoms with E-state index in [0.29, 0.717) is 5.70 Å². The molecule has 0 saturated carbocycles. The number of fused-ring (bicyclic) bond motifs is 1. The summed E-state index contributed by atoms with van der Waals surface area (Å²) >= 11 is 0. The molecule has 3 rings (SSSR count). The highest BCUT2D eigenvalue weighted by Gasteiger charge is 2.23. The van der Waals surface area contributed by atoms with Crippen LogP contribution in [0.15, 0.2) is 64.5 Å². The van der Waals surface area contributed by atoms with Crippen molar-refractivity contribution in [3.63, 3.8) is 0 Å². The first-order valence-electron chi connectivity index (χ1n) is 6.78. The van der Waals surface area contributed by atoms with Gasteiger partial charge in [-0.15, -0.1) is 0 Å². The van der Waals surface area contributed by atoms with E-state index in [1.807, 2.05) is 61.5 Å². The Morgan fingerprint density at radius 2 is 1.81 bits per heavy atom. The molecule has 2 aromatic carbocycles. The van der Waals surface area contributed by atoms with Gasteiger partial charge in [0.15, 0.2) is 6.17 Å². The van der Waals surface area contributed by atoms with Gasteiger partial charge in [0.1, 0.15) is 11.4 Å². The molecular formula is C16H16N2O2S. The Hall–Kier alpha value is -1.82. The van der Waals surface area contributed by atoms with Crippen molar-refractivity contribution in [2.45, 2.75) is 18.0 Å². The van der Waals surface area contributed by atoms with Crippen LogP contribution in [0.3, 0.4) is 0 Å². The topological polar surface area (TPSA) is 56.9 Å². The van der Waals surface area contributed by atoms with E-state index in [1.165, 1.54) is 0 Å². The average molecular weight is 300 g/mol. The van der Waals surface area contributed by atoms with Gasteiger partial charge in [-0.2, -0.15) is 0 Å². The highest BCUT2D eigenvalue weighted by atomic mass is 32.2. The molecule has 5 heteroatoms. The lowest BCUT2D eigenvalue weighted by atomic mass is 10.2. The average Bonchev–Trinajstić information content (AvgIpc) is 2.53. The number of nitrogens with one attached hydrogen (secondary N) is 1. The monoisotopic (exact) mass is 300 g/mol. The van der Waals surface area contributed by atoms with E-state index in [4.69, 9.17) is 0 Å². The lowest BCUT2D eigenvalue weighted by molar-refractivity contribution is -0.799.